The minimum atomic E-state index is -0.896. The van der Waals surface area contributed by atoms with Gasteiger partial charge in [0.15, 0.2) is 17.4 Å². The van der Waals surface area contributed by atoms with Crippen LogP contribution in [0.5, 0.6) is 17.2 Å². The molecule has 2 aliphatic heterocycles. The molecule has 0 unspecified atom stereocenters. The van der Waals surface area contributed by atoms with Crippen molar-refractivity contribution in [2.45, 2.75) is 57.4 Å². The molecular weight excluding hydrogens is 540 g/mol. The maximum absolute atomic E-state index is 13.8. The molecule has 0 aliphatic carbocycles. The molecule has 0 radical (unpaired) electrons. The number of aryl methyl sites for hydroxylation is 1. The highest BCUT2D eigenvalue weighted by molar-refractivity contribution is 5.79. The number of carbonyl (C=O) groups excluding carboxylic acids is 1. The number of unbranched alkanes of at least 4 members (excludes halogenated alkanes) is 2. The van der Waals surface area contributed by atoms with Crippen LogP contribution in [-0.4, -0.2) is 110 Å². The molecule has 3 heterocycles. The normalized spacial score (nSPS) is 20.2. The number of methoxy groups -OCH3 is 1. The summed E-state index contributed by atoms with van der Waals surface area (Å²) in [7, 11) is 8.09. The predicted octanol–water partition coefficient (Wildman–Crippen LogP) is 3.63. The van der Waals surface area contributed by atoms with Crippen LogP contribution in [0, 0.1) is 5.92 Å². The summed E-state index contributed by atoms with van der Waals surface area (Å²) in [4.78, 5) is 34.9. The van der Waals surface area contributed by atoms with Crippen molar-refractivity contribution in [2.24, 2.45) is 5.92 Å². The van der Waals surface area contributed by atoms with Gasteiger partial charge in [-0.15, -0.1) is 0 Å². The monoisotopic (exact) mass is 587 g/mol. The third-order valence-corrected chi connectivity index (χ3v) is 8.26. The molecule has 1 aromatic heterocycles. The van der Waals surface area contributed by atoms with Crippen molar-refractivity contribution in [3.8, 4) is 17.2 Å². The molecule has 0 bridgehead atoms. The highest BCUT2D eigenvalue weighted by Gasteiger charge is 2.47. The molecule has 232 valence electrons. The highest BCUT2D eigenvalue weighted by Crippen LogP contribution is 2.47. The van der Waals surface area contributed by atoms with Crippen LogP contribution in [0.15, 0.2) is 29.0 Å². The number of fused-ring (bicyclic) bond motifs is 1. The summed E-state index contributed by atoms with van der Waals surface area (Å²) in [5.74, 6) is 0.160. The molecule has 0 spiro atoms. The number of hydrogen-bond donors (Lipinski definition) is 1. The lowest BCUT2D eigenvalue weighted by Gasteiger charge is -2.30. The van der Waals surface area contributed by atoms with Crippen LogP contribution in [0.2, 0.25) is 0 Å². The van der Waals surface area contributed by atoms with E-state index >= 15 is 0 Å². The Morgan fingerprint density at radius 1 is 1.17 bits per heavy atom. The Morgan fingerprint density at radius 2 is 1.95 bits per heavy atom. The first-order valence-electron chi connectivity index (χ1n) is 15.0. The van der Waals surface area contributed by atoms with Crippen LogP contribution in [0.25, 0.3) is 0 Å². The highest BCUT2D eigenvalue weighted by atomic mass is 16.7. The molecule has 1 saturated heterocycles. The Kier molecular flexibility index (Phi) is 10.7. The van der Waals surface area contributed by atoms with Crippen molar-refractivity contribution in [3.05, 3.63) is 36.0 Å². The molecule has 1 fully saturated rings. The fourth-order valence-electron chi connectivity index (χ4n) is 6.07. The molecule has 1 aromatic carbocycles. The van der Waals surface area contributed by atoms with Gasteiger partial charge in [0.2, 0.25) is 18.4 Å². The lowest BCUT2D eigenvalue weighted by Crippen LogP contribution is -2.45. The Bertz CT molecular complexity index is 1180. The fraction of sp³-hybridized carbons (Fsp3) is 0.645. The minimum Gasteiger partial charge on any atom is -0.493 e. The number of oxazole rings is 1. The van der Waals surface area contributed by atoms with Crippen molar-refractivity contribution in [3.63, 3.8) is 0 Å². The first kappa shape index (κ1) is 31.6. The lowest BCUT2D eigenvalue weighted by molar-refractivity contribution is -0.870. The van der Waals surface area contributed by atoms with Gasteiger partial charge in [-0.2, -0.15) is 0 Å². The van der Waals surface area contributed by atoms with Crippen LogP contribution < -0.4 is 14.2 Å². The first-order valence-corrected chi connectivity index (χ1v) is 15.0. The van der Waals surface area contributed by atoms with Crippen LogP contribution >= 0.6 is 0 Å². The molecule has 11 nitrogen and oxygen atoms in total. The average molecular weight is 588 g/mol. The number of ether oxygens (including phenoxy) is 3. The van der Waals surface area contributed by atoms with Gasteiger partial charge < -0.3 is 33.1 Å². The molecule has 3 atom stereocenters. The fourth-order valence-corrected chi connectivity index (χ4v) is 6.07. The van der Waals surface area contributed by atoms with Gasteiger partial charge in [-0.1, -0.05) is 13.3 Å². The van der Waals surface area contributed by atoms with E-state index in [4.69, 9.17) is 18.6 Å². The number of rotatable bonds is 16. The van der Waals surface area contributed by atoms with E-state index in [1.165, 1.54) is 6.26 Å². The van der Waals surface area contributed by atoms with Crippen LogP contribution in [0.4, 0.5) is 0 Å². The second kappa shape index (κ2) is 14.2. The lowest BCUT2D eigenvalue weighted by atomic mass is 9.83. The number of hydrogen-bond acceptors (Lipinski definition) is 8. The molecule has 0 saturated carbocycles. The second-order valence-corrected chi connectivity index (χ2v) is 12.3. The average Bonchev–Trinajstić information content (AvgIpc) is 3.70. The maximum atomic E-state index is 13.8. The van der Waals surface area contributed by atoms with E-state index in [-0.39, 0.29) is 31.2 Å². The van der Waals surface area contributed by atoms with Gasteiger partial charge in [-0.05, 0) is 43.4 Å². The number of carboxylic acid groups (broad SMARTS) is 1. The summed E-state index contributed by atoms with van der Waals surface area (Å²) >= 11 is 0. The molecule has 4 rings (SSSR count). The summed E-state index contributed by atoms with van der Waals surface area (Å²) in [6.45, 7) is 5.26. The maximum Gasteiger partial charge on any atom is 0.308 e. The third kappa shape index (κ3) is 7.95. The van der Waals surface area contributed by atoms with E-state index in [1.807, 2.05) is 17.0 Å². The van der Waals surface area contributed by atoms with E-state index in [1.54, 1.807) is 13.3 Å². The standard InChI is InChI=1S/C31H46N4O7/c1-6-7-13-33(14-8-9-15-35(2,3)4)28(36)20-34-19-23(22-17-25(39-5)30-26(18-22)41-21-42-30)29(31(37)38)24(34)10-11-27-32-12-16-40-27/h12,16-18,23-24,29H,6-11,13-15,19-21H2,1-5H3/p+1/t23-,24+,29-/m1/s1. The van der Waals surface area contributed by atoms with Gasteiger partial charge in [0.25, 0.3) is 0 Å². The molecule has 2 aliphatic rings. The molecule has 1 amide bonds. The number of quaternary nitrogens is 1. The van der Waals surface area contributed by atoms with Gasteiger partial charge in [-0.25, -0.2) is 4.98 Å². The van der Waals surface area contributed by atoms with Crippen molar-refractivity contribution >= 4 is 11.9 Å². The van der Waals surface area contributed by atoms with Crippen LogP contribution in [0.3, 0.4) is 0 Å². The van der Waals surface area contributed by atoms with E-state index < -0.39 is 11.9 Å². The van der Waals surface area contributed by atoms with Crippen LogP contribution in [-0.2, 0) is 16.0 Å². The summed E-state index contributed by atoms with van der Waals surface area (Å²) in [6.07, 6.45) is 8.01. The number of nitrogens with zero attached hydrogens (tertiary/aromatic N) is 4. The van der Waals surface area contributed by atoms with E-state index in [2.05, 4.69) is 38.0 Å². The van der Waals surface area contributed by atoms with Gasteiger partial charge in [0, 0.05) is 38.0 Å². The molecule has 42 heavy (non-hydrogen) atoms. The second-order valence-electron chi connectivity index (χ2n) is 12.3. The Hall–Kier alpha value is -3.31. The minimum absolute atomic E-state index is 0.0443. The molecule has 2 aromatic rings. The van der Waals surface area contributed by atoms with Crippen molar-refractivity contribution < 1.29 is 37.8 Å². The SMILES string of the molecule is CCCCN(CCCC[N+](C)(C)C)C(=O)CN1C[C@H](c2cc(OC)c3c(c2)OCO3)[C@@H](C(=O)O)[C@@H]1CCc1ncco1. The zero-order valence-electron chi connectivity index (χ0n) is 25.7. The summed E-state index contributed by atoms with van der Waals surface area (Å²) in [5.41, 5.74) is 0.794. The number of benzene rings is 1. The Labute approximate surface area is 248 Å². The van der Waals surface area contributed by atoms with E-state index in [0.29, 0.717) is 55.6 Å². The van der Waals surface area contributed by atoms with Gasteiger partial charge in [0.1, 0.15) is 6.26 Å². The van der Waals surface area contributed by atoms with Crippen molar-refractivity contribution in [2.75, 3.05) is 67.8 Å². The Balaban J connectivity index is 1.57. The topological polar surface area (TPSA) is 115 Å². The van der Waals surface area contributed by atoms with Gasteiger partial charge >= 0.3 is 5.97 Å². The first-order chi connectivity index (χ1) is 20.1. The predicted molar refractivity (Wildman–Crippen MR) is 157 cm³/mol. The molecule has 11 heteroatoms. The van der Waals surface area contributed by atoms with Crippen molar-refractivity contribution in [1.29, 1.82) is 0 Å². The van der Waals surface area contributed by atoms with Gasteiger partial charge in [-0.3, -0.25) is 14.5 Å². The quantitative estimate of drug-likeness (QED) is 0.232. The zero-order chi connectivity index (χ0) is 30.3. The van der Waals surface area contributed by atoms with Crippen LogP contribution in [0.1, 0.15) is 56.4 Å². The largest absolute Gasteiger partial charge is 0.493 e. The molecular formula is C31H47N4O7+. The number of carbonyl (C=O) groups is 2. The third-order valence-electron chi connectivity index (χ3n) is 8.26. The smallest absolute Gasteiger partial charge is 0.308 e. The summed E-state index contributed by atoms with van der Waals surface area (Å²) < 4.78 is 23.1. The number of carboxylic acids is 1. The van der Waals surface area contributed by atoms with E-state index in [0.717, 1.165) is 42.3 Å². The number of likely N-dealkylation sites (tertiary alicyclic amines) is 1. The summed E-state index contributed by atoms with van der Waals surface area (Å²) in [6, 6.07) is 3.31. The van der Waals surface area contributed by atoms with Crippen molar-refractivity contribution in [1.82, 2.24) is 14.8 Å². The zero-order valence-corrected chi connectivity index (χ0v) is 25.7. The number of aliphatic carboxylic acids is 1. The number of aromatic nitrogens is 1. The Morgan fingerprint density at radius 3 is 2.62 bits per heavy atom. The summed E-state index contributed by atoms with van der Waals surface area (Å²) in [5, 5.41) is 10.5. The molecule has 1 N–H and O–H groups in total. The van der Waals surface area contributed by atoms with E-state index in [9.17, 15) is 14.7 Å². The van der Waals surface area contributed by atoms with Gasteiger partial charge in [0.05, 0.1) is 53.5 Å². The number of amides is 1.